The van der Waals surface area contributed by atoms with E-state index in [1.165, 1.54) is 50.0 Å². The molecule has 3 unspecified atom stereocenters. The topological polar surface area (TPSA) is 125 Å². The number of likely N-dealkylation sites (tertiary alicyclic amines) is 1. The third-order valence-corrected chi connectivity index (χ3v) is 12.5. The maximum atomic E-state index is 13.5. The van der Waals surface area contributed by atoms with Crippen LogP contribution in [0, 0.1) is 12.8 Å². The van der Waals surface area contributed by atoms with Gasteiger partial charge in [0.2, 0.25) is 0 Å². The first-order chi connectivity index (χ1) is 24.9. The predicted molar refractivity (Wildman–Crippen MR) is 222 cm³/mol. The Labute approximate surface area is 323 Å². The minimum atomic E-state index is -3.38. The van der Waals surface area contributed by atoms with Crippen molar-refractivity contribution in [3.8, 4) is 11.1 Å². The number of rotatable bonds is 17. The summed E-state index contributed by atoms with van der Waals surface area (Å²) < 4.78 is 28.9. The highest BCUT2D eigenvalue weighted by molar-refractivity contribution is 8.00. The molecule has 1 saturated carbocycles. The Morgan fingerprint density at radius 2 is 1.77 bits per heavy atom. The van der Waals surface area contributed by atoms with E-state index in [-0.39, 0.29) is 12.2 Å². The van der Waals surface area contributed by atoms with Crippen LogP contribution >= 0.6 is 23.5 Å². The average molecular weight is 780 g/mol. The number of carbonyl (C=O) groups excluding carboxylic acids is 1. The number of aliphatic carboxylic acids is 1. The monoisotopic (exact) mass is 779 g/mol. The molecule has 2 aromatic rings. The molecule has 9 nitrogen and oxygen atoms in total. The molecule has 2 aliphatic rings. The summed E-state index contributed by atoms with van der Waals surface area (Å²) in [6.45, 7) is 9.81. The van der Waals surface area contributed by atoms with Crippen LogP contribution in [0.1, 0.15) is 86.7 Å². The molecule has 3 N–H and O–H groups in total. The first-order valence-corrected chi connectivity index (χ1v) is 23.3. The van der Waals surface area contributed by atoms with Gasteiger partial charge in [-0.15, -0.1) is 0 Å². The van der Waals surface area contributed by atoms with Crippen LogP contribution in [0.15, 0.2) is 42.5 Å². The third-order valence-electron chi connectivity index (χ3n) is 9.46. The number of carbonyl (C=O) groups is 2. The molecular formula is C40H65N3O6S3. The fraction of sp³-hybridized carbons (Fsp3) is 0.650. The van der Waals surface area contributed by atoms with Gasteiger partial charge >= 0.3 is 5.97 Å². The van der Waals surface area contributed by atoms with E-state index < -0.39 is 27.8 Å². The molecule has 294 valence electrons. The zero-order chi connectivity index (χ0) is 38.5. The highest BCUT2D eigenvalue weighted by atomic mass is 32.2. The van der Waals surface area contributed by atoms with Gasteiger partial charge in [0, 0.05) is 43.3 Å². The van der Waals surface area contributed by atoms with Crippen molar-refractivity contribution in [3.05, 3.63) is 59.2 Å². The third kappa shape index (κ3) is 16.9. The zero-order valence-corrected chi connectivity index (χ0v) is 35.1. The van der Waals surface area contributed by atoms with Crippen LogP contribution in [0.4, 0.5) is 0 Å². The summed E-state index contributed by atoms with van der Waals surface area (Å²) in [5, 5.41) is 15.8. The summed E-state index contributed by atoms with van der Waals surface area (Å²) in [5.41, 5.74) is 4.05. The second-order valence-corrected chi connectivity index (χ2v) is 18.6. The van der Waals surface area contributed by atoms with E-state index in [0.717, 1.165) is 60.5 Å². The molecule has 4 rings (SSSR count). The number of hydrogen-bond donors (Lipinski definition) is 3. The number of sulfone groups is 1. The maximum Gasteiger partial charge on any atom is 0.326 e. The predicted octanol–water partition coefficient (Wildman–Crippen LogP) is 7.17. The fourth-order valence-electron chi connectivity index (χ4n) is 6.54. The molecule has 1 aliphatic carbocycles. The van der Waals surface area contributed by atoms with Crippen LogP contribution in [-0.4, -0.2) is 111 Å². The molecule has 1 saturated heterocycles. The Morgan fingerprint density at radius 1 is 1.08 bits per heavy atom. The number of methoxy groups -OCH3 is 1. The van der Waals surface area contributed by atoms with Gasteiger partial charge in [0.25, 0.3) is 5.91 Å². The van der Waals surface area contributed by atoms with Gasteiger partial charge < -0.3 is 20.5 Å². The van der Waals surface area contributed by atoms with Crippen molar-refractivity contribution in [1.82, 2.24) is 15.5 Å². The van der Waals surface area contributed by atoms with Gasteiger partial charge in [-0.2, -0.15) is 23.5 Å². The summed E-state index contributed by atoms with van der Waals surface area (Å²) in [4.78, 5) is 27.8. The van der Waals surface area contributed by atoms with Gasteiger partial charge in [-0.3, -0.25) is 9.69 Å². The number of hydrogen-bond acceptors (Lipinski definition) is 9. The SMILES string of the molecule is CCCNC.CCSC.COCC1CC(SCC2CCCCC2)CN1Cc1ccc(C(=O)NC(CCS(C)(=O)=O)C(=O)O)c(-c2ccccc2C)c1. The zero-order valence-electron chi connectivity index (χ0n) is 32.6. The standard InChI is InChI=1S/C33H46N2O6S2.C4H11N.C3H8S/c1-23-9-7-8-12-28(23)30-17-25(13-14-29(30)32(36)34-31(33(37)38)15-16-43(3,39)40)19-35-20-27(18-26(35)21-41-2)42-22-24-10-5-4-6-11-24;1-3-4-5-2;1-3-4-2/h7-9,12-14,17,24,26-27,31H,4-6,10-11,15-16,18-22H2,1-3H3,(H,34,36)(H,37,38);5H,3-4H2,1-2H3;3H2,1-2H3. The van der Waals surface area contributed by atoms with E-state index in [1.807, 2.05) is 62.1 Å². The van der Waals surface area contributed by atoms with Crippen LogP contribution in [0.5, 0.6) is 0 Å². The van der Waals surface area contributed by atoms with E-state index in [9.17, 15) is 23.1 Å². The second kappa shape index (κ2) is 25.1. The lowest BCUT2D eigenvalue weighted by Crippen LogP contribution is -2.42. The van der Waals surface area contributed by atoms with Crippen LogP contribution in [0.2, 0.25) is 0 Å². The van der Waals surface area contributed by atoms with Gasteiger partial charge in [-0.05, 0) is 111 Å². The molecule has 2 fully saturated rings. The molecule has 0 bridgehead atoms. The van der Waals surface area contributed by atoms with Gasteiger partial charge in [-0.25, -0.2) is 13.2 Å². The quantitative estimate of drug-likeness (QED) is 0.152. The lowest BCUT2D eigenvalue weighted by Gasteiger charge is -2.25. The van der Waals surface area contributed by atoms with Crippen molar-refractivity contribution in [3.63, 3.8) is 0 Å². The van der Waals surface area contributed by atoms with Crippen molar-refractivity contribution < 1.29 is 27.9 Å². The summed E-state index contributed by atoms with van der Waals surface area (Å²) in [6.07, 6.45) is 12.1. The number of aryl methyl sites for hydroxylation is 1. The van der Waals surface area contributed by atoms with Gasteiger partial charge in [0.05, 0.1) is 12.4 Å². The van der Waals surface area contributed by atoms with Crippen molar-refractivity contribution in [1.29, 1.82) is 0 Å². The number of carboxylic acids is 1. The van der Waals surface area contributed by atoms with Crippen LogP contribution < -0.4 is 10.6 Å². The molecule has 52 heavy (non-hydrogen) atoms. The minimum Gasteiger partial charge on any atom is -0.480 e. The fourth-order valence-corrected chi connectivity index (χ4v) is 8.74. The molecular weight excluding hydrogens is 715 g/mol. The van der Waals surface area contributed by atoms with E-state index in [1.54, 1.807) is 13.2 Å². The van der Waals surface area contributed by atoms with E-state index in [0.29, 0.717) is 23.5 Å². The molecule has 3 atom stereocenters. The molecule has 2 aromatic carbocycles. The number of amides is 1. The Balaban J connectivity index is 0.000000929. The minimum absolute atomic E-state index is 0.201. The molecule has 1 heterocycles. The van der Waals surface area contributed by atoms with Crippen molar-refractivity contribution in [2.75, 3.05) is 63.6 Å². The Hall–Kier alpha value is -2.09. The van der Waals surface area contributed by atoms with E-state index in [4.69, 9.17) is 4.74 Å². The lowest BCUT2D eigenvalue weighted by molar-refractivity contribution is -0.139. The van der Waals surface area contributed by atoms with Gasteiger partial charge in [0.15, 0.2) is 0 Å². The van der Waals surface area contributed by atoms with Crippen molar-refractivity contribution in [2.24, 2.45) is 5.92 Å². The molecule has 1 aliphatic heterocycles. The highest BCUT2D eigenvalue weighted by Gasteiger charge is 2.33. The van der Waals surface area contributed by atoms with Crippen LogP contribution in [-0.2, 0) is 25.9 Å². The largest absolute Gasteiger partial charge is 0.480 e. The van der Waals surface area contributed by atoms with Crippen LogP contribution in [0.25, 0.3) is 11.1 Å². The number of nitrogens with zero attached hydrogens (tertiary/aromatic N) is 1. The summed E-state index contributed by atoms with van der Waals surface area (Å²) >= 11 is 3.98. The number of ether oxygens (including phenoxy) is 1. The molecule has 12 heteroatoms. The van der Waals surface area contributed by atoms with E-state index in [2.05, 4.69) is 47.4 Å². The van der Waals surface area contributed by atoms with Crippen molar-refractivity contribution in [2.45, 2.75) is 96.0 Å². The summed E-state index contributed by atoms with van der Waals surface area (Å²) in [5.74, 6) is 1.19. The van der Waals surface area contributed by atoms with Crippen molar-refractivity contribution >= 4 is 45.2 Å². The maximum absolute atomic E-state index is 13.5. The van der Waals surface area contributed by atoms with Gasteiger partial charge in [0.1, 0.15) is 15.9 Å². The summed E-state index contributed by atoms with van der Waals surface area (Å²) in [6, 6.07) is 12.6. The normalized spacial score (nSPS) is 18.4. The Kier molecular flexibility index (Phi) is 22.2. The average Bonchev–Trinajstić information content (AvgIpc) is 3.50. The first kappa shape index (κ1) is 46.1. The smallest absolute Gasteiger partial charge is 0.326 e. The number of thioether (sulfide) groups is 2. The Bertz CT molecular complexity index is 1450. The van der Waals surface area contributed by atoms with Crippen LogP contribution in [0.3, 0.4) is 0 Å². The summed E-state index contributed by atoms with van der Waals surface area (Å²) in [7, 11) is 0.337. The number of carboxylic acid groups (broad SMARTS) is 1. The highest BCUT2D eigenvalue weighted by Crippen LogP contribution is 2.35. The lowest BCUT2D eigenvalue weighted by atomic mass is 9.91. The number of benzene rings is 2. The van der Waals surface area contributed by atoms with E-state index >= 15 is 0 Å². The first-order valence-electron chi connectivity index (χ1n) is 18.8. The Morgan fingerprint density at radius 3 is 2.33 bits per heavy atom. The second-order valence-electron chi connectivity index (χ2n) is 13.9. The molecule has 0 aromatic heterocycles. The number of nitrogens with one attached hydrogen (secondary N) is 2. The molecule has 0 spiro atoms. The molecule has 0 radical (unpaired) electrons. The molecule has 1 amide bonds. The van der Waals surface area contributed by atoms with Gasteiger partial charge in [-0.1, -0.05) is 63.4 Å².